The van der Waals surface area contributed by atoms with Crippen molar-refractivity contribution in [2.45, 2.75) is 43.8 Å². The summed E-state index contributed by atoms with van der Waals surface area (Å²) in [4.78, 5) is 40.3. The van der Waals surface area contributed by atoms with Crippen molar-refractivity contribution >= 4 is 56.4 Å². The van der Waals surface area contributed by atoms with Crippen molar-refractivity contribution in [2.75, 3.05) is 10.8 Å². The lowest BCUT2D eigenvalue weighted by Gasteiger charge is -2.34. The first kappa shape index (κ1) is 34.4. The second-order valence-corrected chi connectivity index (χ2v) is 13.4. The van der Waals surface area contributed by atoms with Crippen LogP contribution >= 0.6 is 23.2 Å². The van der Waals surface area contributed by atoms with E-state index in [-0.39, 0.29) is 40.3 Å². The van der Waals surface area contributed by atoms with Crippen LogP contribution in [-0.2, 0) is 32.6 Å². The van der Waals surface area contributed by atoms with Gasteiger partial charge in [0.25, 0.3) is 15.7 Å². The highest BCUT2D eigenvalue weighted by Gasteiger charge is 2.35. The molecule has 240 valence electrons. The molecule has 0 heterocycles. The van der Waals surface area contributed by atoms with Crippen LogP contribution < -0.4 is 9.62 Å². The number of rotatable bonds is 13. The Hall–Kier alpha value is -4.45. The topological polar surface area (TPSA) is 130 Å². The van der Waals surface area contributed by atoms with Gasteiger partial charge in [0, 0.05) is 31.1 Å². The van der Waals surface area contributed by atoms with E-state index in [1.54, 1.807) is 38.1 Å². The summed E-state index contributed by atoms with van der Waals surface area (Å²) in [5.41, 5.74) is 0.869. The summed E-state index contributed by atoms with van der Waals surface area (Å²) in [7, 11) is -4.41. The first-order valence-corrected chi connectivity index (χ1v) is 16.5. The number of nitro groups is 1. The fraction of sp³-hybridized carbons (Fsp3) is 0.212. The molecule has 0 spiro atoms. The molecule has 0 radical (unpaired) electrons. The minimum absolute atomic E-state index is 0.0906. The number of anilines is 1. The number of nitrogens with one attached hydrogen (secondary N) is 1. The first-order chi connectivity index (χ1) is 21.9. The van der Waals surface area contributed by atoms with E-state index in [4.69, 9.17) is 23.2 Å². The zero-order valence-electron chi connectivity index (χ0n) is 25.0. The highest BCUT2D eigenvalue weighted by Crippen LogP contribution is 2.29. The Morgan fingerprint density at radius 1 is 0.848 bits per heavy atom. The van der Waals surface area contributed by atoms with E-state index in [1.165, 1.54) is 47.4 Å². The predicted molar refractivity (Wildman–Crippen MR) is 178 cm³/mol. The molecule has 0 aliphatic heterocycles. The molecule has 2 amide bonds. The molecule has 0 aliphatic rings. The van der Waals surface area contributed by atoms with Crippen molar-refractivity contribution in [3.63, 3.8) is 0 Å². The largest absolute Gasteiger partial charge is 0.352 e. The Labute approximate surface area is 277 Å². The molecule has 0 aliphatic carbocycles. The molecule has 0 fully saturated rings. The SMILES string of the molecule is CC(C)NC(=O)[C@@H](Cc1ccccc1)N(Cc1ccc(Cl)c(Cl)c1)C(=O)CN(c1cccc([N+](=O)[O-])c1)S(=O)(=O)c1ccccc1. The lowest BCUT2D eigenvalue weighted by atomic mass is 10.0. The molecule has 13 heteroatoms. The van der Waals surface area contributed by atoms with E-state index in [0.29, 0.717) is 10.6 Å². The third-order valence-electron chi connectivity index (χ3n) is 6.98. The molecule has 4 rings (SSSR count). The van der Waals surface area contributed by atoms with Gasteiger partial charge in [0.15, 0.2) is 0 Å². The average Bonchev–Trinajstić information content (AvgIpc) is 3.03. The molecule has 10 nitrogen and oxygen atoms in total. The molecule has 0 bridgehead atoms. The third-order valence-corrected chi connectivity index (χ3v) is 9.50. The number of nitro benzene ring substituents is 1. The summed E-state index contributed by atoms with van der Waals surface area (Å²) < 4.78 is 28.9. The van der Waals surface area contributed by atoms with Gasteiger partial charge in [-0.05, 0) is 55.3 Å². The second kappa shape index (κ2) is 15.2. The average molecular weight is 684 g/mol. The molecule has 4 aromatic carbocycles. The number of hydrogen-bond acceptors (Lipinski definition) is 6. The van der Waals surface area contributed by atoms with Crippen molar-refractivity contribution in [3.05, 3.63) is 134 Å². The second-order valence-electron chi connectivity index (χ2n) is 10.7. The molecule has 1 N–H and O–H groups in total. The Morgan fingerprint density at radius 2 is 1.50 bits per heavy atom. The van der Waals surface area contributed by atoms with Gasteiger partial charge in [-0.2, -0.15) is 0 Å². The van der Waals surface area contributed by atoms with Gasteiger partial charge in [-0.1, -0.05) is 83.9 Å². The predicted octanol–water partition coefficient (Wildman–Crippen LogP) is 6.26. The number of benzene rings is 4. The number of nitrogens with zero attached hydrogens (tertiary/aromatic N) is 3. The maximum Gasteiger partial charge on any atom is 0.271 e. The number of amides is 2. The van der Waals surface area contributed by atoms with Crippen LogP contribution in [-0.4, -0.2) is 48.7 Å². The highest BCUT2D eigenvalue weighted by atomic mass is 35.5. The first-order valence-electron chi connectivity index (χ1n) is 14.3. The molecular formula is C33H32Cl2N4O6S. The summed E-state index contributed by atoms with van der Waals surface area (Å²) >= 11 is 12.4. The molecule has 4 aromatic rings. The van der Waals surface area contributed by atoms with Crippen molar-refractivity contribution in [3.8, 4) is 0 Å². The fourth-order valence-corrected chi connectivity index (χ4v) is 6.53. The molecule has 0 aromatic heterocycles. The van der Waals surface area contributed by atoms with Crippen LogP contribution in [0, 0.1) is 10.1 Å². The fourth-order valence-electron chi connectivity index (χ4n) is 4.78. The maximum absolute atomic E-state index is 14.4. The minimum atomic E-state index is -4.41. The molecular weight excluding hydrogens is 651 g/mol. The number of carbonyl (C=O) groups excluding carboxylic acids is 2. The van der Waals surface area contributed by atoms with Crippen molar-refractivity contribution in [1.29, 1.82) is 0 Å². The van der Waals surface area contributed by atoms with Crippen LogP contribution in [0.3, 0.4) is 0 Å². The molecule has 0 saturated heterocycles. The number of halogens is 2. The summed E-state index contributed by atoms with van der Waals surface area (Å²) in [6.45, 7) is 2.70. The Bertz CT molecular complexity index is 1810. The lowest BCUT2D eigenvalue weighted by molar-refractivity contribution is -0.384. The van der Waals surface area contributed by atoms with Gasteiger partial charge in [0.2, 0.25) is 11.8 Å². The standard InChI is InChI=1S/C33H32Cl2N4O6S/c1-23(2)36-33(41)31(19-24-10-5-3-6-11-24)37(21-25-16-17-29(34)30(35)18-25)32(40)22-38(26-12-9-13-27(20-26)39(42)43)46(44,45)28-14-7-4-8-15-28/h3-18,20,23,31H,19,21-22H2,1-2H3,(H,36,41)/t31-/m1/s1. The van der Waals surface area contributed by atoms with Gasteiger partial charge < -0.3 is 10.2 Å². The number of non-ortho nitro benzene ring substituents is 1. The van der Waals surface area contributed by atoms with Crippen LogP contribution in [0.5, 0.6) is 0 Å². The van der Waals surface area contributed by atoms with E-state index in [0.717, 1.165) is 15.9 Å². The lowest BCUT2D eigenvalue weighted by Crippen LogP contribution is -2.54. The van der Waals surface area contributed by atoms with Gasteiger partial charge in [0.1, 0.15) is 12.6 Å². The van der Waals surface area contributed by atoms with E-state index in [1.807, 2.05) is 30.3 Å². The summed E-state index contributed by atoms with van der Waals surface area (Å²) in [5, 5.41) is 15.0. The number of sulfonamides is 1. The monoisotopic (exact) mass is 682 g/mol. The van der Waals surface area contributed by atoms with Gasteiger partial charge in [-0.3, -0.25) is 24.0 Å². The van der Waals surface area contributed by atoms with E-state index in [2.05, 4.69) is 5.32 Å². The summed E-state index contributed by atoms with van der Waals surface area (Å²) in [6, 6.07) is 25.0. The Kier molecular flexibility index (Phi) is 11.4. The van der Waals surface area contributed by atoms with Crippen molar-refractivity contribution < 1.29 is 22.9 Å². The van der Waals surface area contributed by atoms with Crippen LogP contribution in [0.2, 0.25) is 10.0 Å². The number of carbonyl (C=O) groups is 2. The maximum atomic E-state index is 14.4. The Balaban J connectivity index is 1.84. The normalized spacial score (nSPS) is 11.9. The van der Waals surface area contributed by atoms with Crippen molar-refractivity contribution in [1.82, 2.24) is 10.2 Å². The van der Waals surface area contributed by atoms with E-state index < -0.39 is 39.3 Å². The van der Waals surface area contributed by atoms with E-state index in [9.17, 15) is 28.1 Å². The highest BCUT2D eigenvalue weighted by molar-refractivity contribution is 7.92. The van der Waals surface area contributed by atoms with Gasteiger partial charge >= 0.3 is 0 Å². The molecule has 1 atom stereocenters. The van der Waals surface area contributed by atoms with Gasteiger partial charge in [0.05, 0.1) is 25.6 Å². The molecule has 0 unspecified atom stereocenters. The van der Waals surface area contributed by atoms with Gasteiger partial charge in [-0.25, -0.2) is 8.42 Å². The number of hydrogen-bond donors (Lipinski definition) is 1. The van der Waals surface area contributed by atoms with Gasteiger partial charge in [-0.15, -0.1) is 0 Å². The van der Waals surface area contributed by atoms with Crippen LogP contribution in [0.15, 0.2) is 108 Å². The zero-order valence-corrected chi connectivity index (χ0v) is 27.4. The zero-order chi connectivity index (χ0) is 33.4. The van der Waals surface area contributed by atoms with Crippen LogP contribution in [0.1, 0.15) is 25.0 Å². The molecule has 46 heavy (non-hydrogen) atoms. The smallest absolute Gasteiger partial charge is 0.271 e. The summed E-state index contributed by atoms with van der Waals surface area (Å²) in [5.74, 6) is -1.17. The summed E-state index contributed by atoms with van der Waals surface area (Å²) in [6.07, 6.45) is 0.120. The van der Waals surface area contributed by atoms with E-state index >= 15 is 0 Å². The minimum Gasteiger partial charge on any atom is -0.352 e. The van der Waals surface area contributed by atoms with Crippen LogP contribution in [0.25, 0.3) is 0 Å². The molecule has 0 saturated carbocycles. The Morgan fingerprint density at radius 3 is 2.11 bits per heavy atom. The van der Waals surface area contributed by atoms with Crippen LogP contribution in [0.4, 0.5) is 11.4 Å². The van der Waals surface area contributed by atoms with Crippen molar-refractivity contribution in [2.24, 2.45) is 0 Å². The third kappa shape index (κ3) is 8.63. The quantitative estimate of drug-likeness (QED) is 0.131.